The minimum Gasteiger partial charge on any atom is -0.324 e. The van der Waals surface area contributed by atoms with Crippen molar-refractivity contribution >= 4 is 34.5 Å². The fourth-order valence-corrected chi connectivity index (χ4v) is 3.96. The van der Waals surface area contributed by atoms with Crippen molar-refractivity contribution in [2.45, 2.75) is 38.5 Å². The first-order chi connectivity index (χ1) is 13.7. The van der Waals surface area contributed by atoms with Gasteiger partial charge in [0.15, 0.2) is 0 Å². The number of nitrogens with one attached hydrogen (secondary N) is 1. The molecule has 0 spiro atoms. The Labute approximate surface area is 170 Å². The van der Waals surface area contributed by atoms with E-state index in [-0.39, 0.29) is 17.9 Å². The smallest absolute Gasteiger partial charge is 0.324 e. The van der Waals surface area contributed by atoms with Gasteiger partial charge in [-0.05, 0) is 25.6 Å². The summed E-state index contributed by atoms with van der Waals surface area (Å²) in [6.07, 6.45) is -4.79. The van der Waals surface area contributed by atoms with Gasteiger partial charge in [-0.3, -0.25) is 19.4 Å². The summed E-state index contributed by atoms with van der Waals surface area (Å²) in [5, 5.41) is 5.29. The van der Waals surface area contributed by atoms with Crippen LogP contribution in [0.15, 0.2) is 29.6 Å². The van der Waals surface area contributed by atoms with Gasteiger partial charge >= 0.3 is 6.18 Å². The normalized spacial score (nSPS) is 17.1. The molecule has 2 heterocycles. The SMILES string of the molecule is CCc1nc(CN(C)CC(=O)N2c3ccccc3NC(=O)CC2C(F)(F)F)cs1. The highest BCUT2D eigenvalue weighted by molar-refractivity contribution is 7.09. The summed E-state index contributed by atoms with van der Waals surface area (Å²) in [5.41, 5.74) is 0.996. The molecule has 10 heteroatoms. The van der Waals surface area contributed by atoms with E-state index >= 15 is 0 Å². The molecule has 0 aliphatic carbocycles. The molecule has 1 aliphatic rings. The number of thiazole rings is 1. The number of benzene rings is 1. The van der Waals surface area contributed by atoms with Crippen molar-refractivity contribution in [1.29, 1.82) is 0 Å². The summed E-state index contributed by atoms with van der Waals surface area (Å²) in [7, 11) is 1.65. The summed E-state index contributed by atoms with van der Waals surface area (Å²) in [6, 6.07) is 3.80. The van der Waals surface area contributed by atoms with Gasteiger partial charge in [-0.2, -0.15) is 13.2 Å². The van der Waals surface area contributed by atoms with Gasteiger partial charge in [0.05, 0.1) is 35.0 Å². The van der Waals surface area contributed by atoms with Crippen LogP contribution >= 0.6 is 11.3 Å². The largest absolute Gasteiger partial charge is 0.409 e. The van der Waals surface area contributed by atoms with E-state index in [1.807, 2.05) is 12.3 Å². The maximum absolute atomic E-state index is 13.7. The number of carbonyl (C=O) groups is 2. The van der Waals surface area contributed by atoms with E-state index in [4.69, 9.17) is 0 Å². The topological polar surface area (TPSA) is 65.5 Å². The number of para-hydroxylation sites is 2. The third kappa shape index (κ3) is 4.94. The lowest BCUT2D eigenvalue weighted by Gasteiger charge is -2.32. The van der Waals surface area contributed by atoms with Crippen LogP contribution in [0.4, 0.5) is 24.5 Å². The molecule has 2 amide bonds. The summed E-state index contributed by atoms with van der Waals surface area (Å²) in [5.74, 6) is -1.51. The van der Waals surface area contributed by atoms with Gasteiger partial charge in [-0.25, -0.2) is 4.98 Å². The number of rotatable bonds is 5. The maximum Gasteiger partial charge on any atom is 0.409 e. The average molecular weight is 426 g/mol. The number of anilines is 2. The molecular weight excluding hydrogens is 405 g/mol. The van der Waals surface area contributed by atoms with Crippen molar-refractivity contribution in [2.24, 2.45) is 0 Å². The Kier molecular flexibility index (Phi) is 6.23. The molecule has 2 aromatic rings. The molecule has 3 rings (SSSR count). The average Bonchev–Trinajstić information content (AvgIpc) is 3.02. The lowest BCUT2D eigenvalue weighted by atomic mass is 10.1. The summed E-state index contributed by atoms with van der Waals surface area (Å²) < 4.78 is 41.2. The second-order valence-corrected chi connectivity index (χ2v) is 7.79. The van der Waals surface area contributed by atoms with Gasteiger partial charge in [-0.1, -0.05) is 19.1 Å². The Hall–Kier alpha value is -2.46. The molecule has 0 bridgehead atoms. The van der Waals surface area contributed by atoms with Gasteiger partial charge < -0.3 is 5.32 Å². The number of carbonyl (C=O) groups excluding carboxylic acids is 2. The molecule has 1 atom stereocenters. The second-order valence-electron chi connectivity index (χ2n) is 6.85. The van der Waals surface area contributed by atoms with E-state index in [0.717, 1.165) is 17.1 Å². The van der Waals surface area contributed by atoms with Crippen LogP contribution in [0.3, 0.4) is 0 Å². The molecule has 0 radical (unpaired) electrons. The molecule has 1 unspecified atom stereocenters. The summed E-state index contributed by atoms with van der Waals surface area (Å²) >= 11 is 1.51. The standard InChI is InChI=1S/C19H21F3N4O2S/c1-3-17-23-12(11-29-17)9-25(2)10-18(28)26-14-7-5-4-6-13(14)24-16(27)8-15(26)19(20,21)22/h4-7,11,15H,3,8-10H2,1-2H3,(H,24,27). The number of hydrogen-bond acceptors (Lipinski definition) is 5. The van der Waals surface area contributed by atoms with E-state index in [9.17, 15) is 22.8 Å². The molecule has 0 fully saturated rings. The Morgan fingerprint density at radius 1 is 1.38 bits per heavy atom. The number of fused-ring (bicyclic) bond motifs is 1. The van der Waals surface area contributed by atoms with Gasteiger partial charge in [0.2, 0.25) is 11.8 Å². The fourth-order valence-electron chi connectivity index (χ4n) is 3.22. The number of halogens is 3. The first kappa shape index (κ1) is 21.3. The molecule has 1 aromatic carbocycles. The van der Waals surface area contributed by atoms with E-state index in [0.29, 0.717) is 11.4 Å². The van der Waals surface area contributed by atoms with E-state index < -0.39 is 30.5 Å². The first-order valence-electron chi connectivity index (χ1n) is 9.08. The van der Waals surface area contributed by atoms with E-state index in [1.54, 1.807) is 18.0 Å². The maximum atomic E-state index is 13.7. The number of likely N-dealkylation sites (N-methyl/N-ethyl adjacent to an activating group) is 1. The fraction of sp³-hybridized carbons (Fsp3) is 0.421. The molecule has 6 nitrogen and oxygen atoms in total. The van der Waals surface area contributed by atoms with Crippen LogP contribution in [0.1, 0.15) is 24.0 Å². The third-order valence-corrected chi connectivity index (χ3v) is 5.56. The number of aryl methyl sites for hydroxylation is 1. The van der Waals surface area contributed by atoms with Crippen LogP contribution in [-0.2, 0) is 22.6 Å². The van der Waals surface area contributed by atoms with E-state index in [2.05, 4.69) is 10.3 Å². The van der Waals surface area contributed by atoms with Gasteiger partial charge in [0.25, 0.3) is 0 Å². The zero-order valence-electron chi connectivity index (χ0n) is 16.0. The quantitative estimate of drug-likeness (QED) is 0.796. The van der Waals surface area contributed by atoms with E-state index in [1.165, 1.54) is 29.5 Å². The highest BCUT2D eigenvalue weighted by atomic mass is 32.1. The number of amides is 2. The lowest BCUT2D eigenvalue weighted by Crippen LogP contribution is -2.52. The minimum atomic E-state index is -4.74. The van der Waals surface area contributed by atoms with Crippen molar-refractivity contribution in [1.82, 2.24) is 9.88 Å². The predicted octanol–water partition coefficient (Wildman–Crippen LogP) is 3.44. The molecule has 0 saturated heterocycles. The Morgan fingerprint density at radius 2 is 2.10 bits per heavy atom. The summed E-state index contributed by atoms with van der Waals surface area (Å²) in [6.45, 7) is 2.08. The van der Waals surface area contributed by atoms with Crippen molar-refractivity contribution in [3.05, 3.63) is 40.3 Å². The molecule has 29 heavy (non-hydrogen) atoms. The van der Waals surface area contributed by atoms with Gasteiger partial charge in [0, 0.05) is 11.9 Å². The zero-order valence-corrected chi connectivity index (χ0v) is 16.8. The molecule has 1 N–H and O–H groups in total. The molecule has 1 aliphatic heterocycles. The molecule has 0 saturated carbocycles. The first-order valence-corrected chi connectivity index (χ1v) is 9.96. The highest BCUT2D eigenvalue weighted by Gasteiger charge is 2.49. The molecule has 156 valence electrons. The predicted molar refractivity (Wildman–Crippen MR) is 105 cm³/mol. The van der Waals surface area contributed by atoms with Crippen LogP contribution in [0, 0.1) is 0 Å². The number of hydrogen-bond donors (Lipinski definition) is 1. The molecular formula is C19H21F3N4O2S. The Bertz CT molecular complexity index is 900. The number of nitrogens with zero attached hydrogens (tertiary/aromatic N) is 3. The van der Waals surface area contributed by atoms with Gasteiger partial charge in [-0.15, -0.1) is 11.3 Å². The van der Waals surface area contributed by atoms with Crippen molar-refractivity contribution in [3.63, 3.8) is 0 Å². The highest BCUT2D eigenvalue weighted by Crippen LogP contribution is 2.37. The molecule has 1 aromatic heterocycles. The minimum absolute atomic E-state index is 0.0426. The monoisotopic (exact) mass is 426 g/mol. The van der Waals surface area contributed by atoms with Crippen molar-refractivity contribution in [2.75, 3.05) is 23.8 Å². The number of aromatic nitrogens is 1. The Morgan fingerprint density at radius 3 is 2.76 bits per heavy atom. The number of alkyl halides is 3. The summed E-state index contributed by atoms with van der Waals surface area (Å²) in [4.78, 5) is 31.7. The van der Waals surface area contributed by atoms with Crippen molar-refractivity contribution < 1.29 is 22.8 Å². The zero-order chi connectivity index (χ0) is 21.2. The van der Waals surface area contributed by atoms with Crippen molar-refractivity contribution in [3.8, 4) is 0 Å². The van der Waals surface area contributed by atoms with Crippen LogP contribution < -0.4 is 10.2 Å². The van der Waals surface area contributed by atoms with Gasteiger partial charge in [0.1, 0.15) is 6.04 Å². The van der Waals surface area contributed by atoms with Crippen LogP contribution in [0.25, 0.3) is 0 Å². The second kappa shape index (κ2) is 8.50. The third-order valence-electron chi connectivity index (χ3n) is 4.51. The van der Waals surface area contributed by atoms with Crippen LogP contribution in [-0.4, -0.2) is 47.5 Å². The van der Waals surface area contributed by atoms with Crippen LogP contribution in [0.2, 0.25) is 0 Å². The lowest BCUT2D eigenvalue weighted by molar-refractivity contribution is -0.158. The Balaban J connectivity index is 1.85. The van der Waals surface area contributed by atoms with Crippen LogP contribution in [0.5, 0.6) is 0 Å².